The van der Waals surface area contributed by atoms with Crippen LogP contribution in [0.2, 0.25) is 0 Å². The lowest BCUT2D eigenvalue weighted by molar-refractivity contribution is -0.0348. The Hall–Kier alpha value is -2.70. The van der Waals surface area contributed by atoms with Crippen LogP contribution >= 0.6 is 0 Å². The zero-order valence-corrected chi connectivity index (χ0v) is 17.7. The molecule has 2 aromatic carbocycles. The lowest BCUT2D eigenvalue weighted by Gasteiger charge is -2.27. The van der Waals surface area contributed by atoms with Crippen molar-refractivity contribution in [3.63, 3.8) is 0 Å². The Balaban J connectivity index is 1.57. The minimum absolute atomic E-state index is 0.174. The maximum absolute atomic E-state index is 11.9. The molecule has 0 atom stereocenters. The number of hydrogen-bond acceptors (Lipinski definition) is 6. The summed E-state index contributed by atoms with van der Waals surface area (Å²) in [6.45, 7) is 6.14. The van der Waals surface area contributed by atoms with Gasteiger partial charge in [-0.2, -0.15) is 0 Å². The molecule has 2 rings (SSSR count). The van der Waals surface area contributed by atoms with Gasteiger partial charge in [0.2, 0.25) is 0 Å². The highest BCUT2D eigenvalue weighted by Crippen LogP contribution is 2.22. The van der Waals surface area contributed by atoms with E-state index in [0.29, 0.717) is 37.6 Å². The van der Waals surface area contributed by atoms with E-state index >= 15 is 0 Å². The van der Waals surface area contributed by atoms with Crippen LogP contribution in [0.25, 0.3) is 0 Å². The maximum Gasteiger partial charge on any atom is 0.338 e. The van der Waals surface area contributed by atoms with Crippen LogP contribution in [-0.4, -0.2) is 51.6 Å². The van der Waals surface area contributed by atoms with Crippen molar-refractivity contribution in [3.8, 4) is 0 Å². The number of hydrogen-bond donors (Lipinski definition) is 0. The summed E-state index contributed by atoms with van der Waals surface area (Å²) < 4.78 is 21.8. The minimum Gasteiger partial charge on any atom is -0.460 e. The van der Waals surface area contributed by atoms with Gasteiger partial charge in [-0.3, -0.25) is 0 Å². The number of carbonyl (C=O) groups is 2. The van der Waals surface area contributed by atoms with Gasteiger partial charge in [-0.1, -0.05) is 50.2 Å². The molecule has 2 aromatic rings. The average molecular weight is 414 g/mol. The first kappa shape index (κ1) is 23.6. The van der Waals surface area contributed by atoms with Crippen molar-refractivity contribution >= 4 is 11.9 Å². The zero-order chi connectivity index (χ0) is 21.7. The van der Waals surface area contributed by atoms with E-state index in [9.17, 15) is 9.59 Å². The zero-order valence-electron chi connectivity index (χ0n) is 17.7. The molecule has 0 fully saturated rings. The number of ether oxygens (including phenoxy) is 4. The first-order valence-electron chi connectivity index (χ1n) is 10.1. The van der Waals surface area contributed by atoms with E-state index in [1.807, 2.05) is 12.1 Å². The van der Waals surface area contributed by atoms with Crippen LogP contribution in [0.3, 0.4) is 0 Å². The molecule has 0 aliphatic heterocycles. The molecule has 0 N–H and O–H groups in total. The smallest absolute Gasteiger partial charge is 0.338 e. The minimum atomic E-state index is -0.356. The summed E-state index contributed by atoms with van der Waals surface area (Å²) in [5.74, 6) is -0.711. The third-order valence-corrected chi connectivity index (χ3v) is 4.70. The first-order chi connectivity index (χ1) is 14.5. The normalized spacial score (nSPS) is 11.1. The lowest BCUT2D eigenvalue weighted by Crippen LogP contribution is -2.30. The van der Waals surface area contributed by atoms with E-state index in [1.54, 1.807) is 48.5 Å². The summed E-state index contributed by atoms with van der Waals surface area (Å²) in [5, 5.41) is 0. The first-order valence-corrected chi connectivity index (χ1v) is 10.1. The molecule has 0 saturated heterocycles. The summed E-state index contributed by atoms with van der Waals surface area (Å²) in [6, 6.07) is 17.7. The Bertz CT molecular complexity index is 698. The van der Waals surface area contributed by atoms with Crippen LogP contribution in [0.1, 0.15) is 41.0 Å². The highest BCUT2D eigenvalue weighted by Gasteiger charge is 2.23. The molecule has 0 amide bonds. The van der Waals surface area contributed by atoms with E-state index in [2.05, 4.69) is 13.8 Å². The van der Waals surface area contributed by atoms with Gasteiger partial charge in [0.1, 0.15) is 13.2 Å². The second kappa shape index (κ2) is 12.8. The molecule has 0 bridgehead atoms. The summed E-state index contributed by atoms with van der Waals surface area (Å²) in [7, 11) is 0. The van der Waals surface area contributed by atoms with Gasteiger partial charge in [0, 0.05) is 5.41 Å². The summed E-state index contributed by atoms with van der Waals surface area (Å²) in [4.78, 5) is 23.7. The van der Waals surface area contributed by atoms with Crippen molar-refractivity contribution in [1.29, 1.82) is 0 Å². The quantitative estimate of drug-likeness (QED) is 0.362. The van der Waals surface area contributed by atoms with Crippen molar-refractivity contribution in [3.05, 3.63) is 71.8 Å². The topological polar surface area (TPSA) is 71.1 Å². The molecule has 0 saturated carbocycles. The van der Waals surface area contributed by atoms with Crippen molar-refractivity contribution in [2.24, 2.45) is 5.41 Å². The molecule has 0 heterocycles. The molecular weight excluding hydrogens is 384 g/mol. The molecule has 162 valence electrons. The van der Waals surface area contributed by atoms with Gasteiger partial charge in [-0.25, -0.2) is 9.59 Å². The van der Waals surface area contributed by atoms with E-state index in [4.69, 9.17) is 18.9 Å². The summed E-state index contributed by atoms with van der Waals surface area (Å²) in [5.41, 5.74) is 0.877. The fraction of sp³-hybridized carbons (Fsp3) is 0.417. The van der Waals surface area contributed by atoms with Gasteiger partial charge < -0.3 is 18.9 Å². The lowest BCUT2D eigenvalue weighted by atomic mass is 9.90. The van der Waals surface area contributed by atoms with Gasteiger partial charge >= 0.3 is 11.9 Å². The van der Waals surface area contributed by atoms with Crippen LogP contribution in [-0.2, 0) is 18.9 Å². The van der Waals surface area contributed by atoms with Crippen LogP contribution in [0.15, 0.2) is 60.7 Å². The number of esters is 2. The second-order valence-corrected chi connectivity index (χ2v) is 7.27. The summed E-state index contributed by atoms with van der Waals surface area (Å²) >= 11 is 0. The van der Waals surface area contributed by atoms with Crippen molar-refractivity contribution < 1.29 is 28.5 Å². The molecule has 0 aliphatic rings. The largest absolute Gasteiger partial charge is 0.460 e. The Labute approximate surface area is 178 Å². The number of benzene rings is 2. The molecule has 0 aliphatic carbocycles. The third-order valence-electron chi connectivity index (χ3n) is 4.70. The van der Waals surface area contributed by atoms with Crippen molar-refractivity contribution in [2.45, 2.75) is 20.3 Å². The SMILES string of the molecule is CCC(C)(COCCOC(=O)c1ccccc1)COCCOC(=O)c1ccccc1. The van der Waals surface area contributed by atoms with E-state index in [0.717, 1.165) is 6.42 Å². The van der Waals surface area contributed by atoms with E-state index < -0.39 is 0 Å². The van der Waals surface area contributed by atoms with Crippen LogP contribution < -0.4 is 0 Å². The second-order valence-electron chi connectivity index (χ2n) is 7.27. The average Bonchev–Trinajstić information content (AvgIpc) is 2.79. The van der Waals surface area contributed by atoms with E-state index in [1.165, 1.54) is 0 Å². The monoisotopic (exact) mass is 414 g/mol. The van der Waals surface area contributed by atoms with Gasteiger partial charge in [-0.15, -0.1) is 0 Å². The summed E-state index contributed by atoms with van der Waals surface area (Å²) in [6.07, 6.45) is 0.862. The van der Waals surface area contributed by atoms with Gasteiger partial charge in [-0.05, 0) is 30.7 Å². The standard InChI is InChI=1S/C24H30O6/c1-3-24(2,18-27-14-16-29-22(25)20-10-6-4-7-11-20)19-28-15-17-30-23(26)21-12-8-5-9-13-21/h4-13H,3,14-19H2,1-2H3. The van der Waals surface area contributed by atoms with Crippen molar-refractivity contribution in [1.82, 2.24) is 0 Å². The highest BCUT2D eigenvalue weighted by atomic mass is 16.6. The Kier molecular flexibility index (Phi) is 10.0. The molecule has 30 heavy (non-hydrogen) atoms. The fourth-order valence-corrected chi connectivity index (χ4v) is 2.58. The predicted molar refractivity (Wildman–Crippen MR) is 113 cm³/mol. The van der Waals surface area contributed by atoms with Crippen LogP contribution in [0.4, 0.5) is 0 Å². The third kappa shape index (κ3) is 8.35. The Morgan fingerprint density at radius 1 is 0.700 bits per heavy atom. The van der Waals surface area contributed by atoms with Crippen LogP contribution in [0.5, 0.6) is 0 Å². The van der Waals surface area contributed by atoms with Crippen molar-refractivity contribution in [2.75, 3.05) is 39.6 Å². The Morgan fingerprint density at radius 2 is 1.10 bits per heavy atom. The highest BCUT2D eigenvalue weighted by molar-refractivity contribution is 5.89. The molecule has 6 nitrogen and oxygen atoms in total. The van der Waals surface area contributed by atoms with Crippen LogP contribution in [0, 0.1) is 5.41 Å². The number of carbonyl (C=O) groups excluding carboxylic acids is 2. The van der Waals surface area contributed by atoms with E-state index in [-0.39, 0.29) is 30.6 Å². The maximum atomic E-state index is 11.9. The molecule has 0 radical (unpaired) electrons. The van der Waals surface area contributed by atoms with Gasteiger partial charge in [0.05, 0.1) is 37.6 Å². The fourth-order valence-electron chi connectivity index (χ4n) is 2.58. The molecule has 6 heteroatoms. The Morgan fingerprint density at radius 3 is 1.47 bits per heavy atom. The molecular formula is C24H30O6. The number of rotatable bonds is 13. The van der Waals surface area contributed by atoms with Gasteiger partial charge in [0.25, 0.3) is 0 Å². The molecule has 0 spiro atoms. The molecule has 0 unspecified atom stereocenters. The predicted octanol–water partition coefficient (Wildman–Crippen LogP) is 4.15. The van der Waals surface area contributed by atoms with Gasteiger partial charge in [0.15, 0.2) is 0 Å². The molecule has 0 aromatic heterocycles.